The lowest BCUT2D eigenvalue weighted by atomic mass is 10.0. The van der Waals surface area contributed by atoms with Gasteiger partial charge in [0, 0.05) is 11.3 Å². The third-order valence-electron chi connectivity index (χ3n) is 5.10. The van der Waals surface area contributed by atoms with Crippen LogP contribution in [-0.2, 0) is 9.53 Å². The van der Waals surface area contributed by atoms with Crippen LogP contribution in [0.4, 0.5) is 0 Å². The second-order valence-corrected chi connectivity index (χ2v) is 7.31. The van der Waals surface area contributed by atoms with Crippen LogP contribution >= 0.6 is 0 Å². The fourth-order valence-corrected chi connectivity index (χ4v) is 3.46. The molecule has 1 amide bonds. The summed E-state index contributed by atoms with van der Waals surface area (Å²) in [7, 11) is 4.38. The molecule has 0 bridgehead atoms. The smallest absolute Gasteiger partial charge is 0.307 e. The number of hydrogen-bond donors (Lipinski definition) is 1. The van der Waals surface area contributed by atoms with Gasteiger partial charge in [0.25, 0.3) is 5.91 Å². The van der Waals surface area contributed by atoms with Gasteiger partial charge in [-0.25, -0.2) is 4.68 Å². The van der Waals surface area contributed by atoms with E-state index in [0.29, 0.717) is 22.6 Å². The minimum atomic E-state index is -0.606. The number of ether oxygens (including phenoxy) is 3. The molecule has 1 aromatic heterocycles. The van der Waals surface area contributed by atoms with E-state index in [0.717, 1.165) is 17.1 Å². The molecule has 1 atom stereocenters. The molecule has 3 rings (SSSR count). The number of aromatic nitrogens is 2. The van der Waals surface area contributed by atoms with Gasteiger partial charge in [-0.3, -0.25) is 9.59 Å². The summed E-state index contributed by atoms with van der Waals surface area (Å²) in [4.78, 5) is 24.9. The van der Waals surface area contributed by atoms with Crippen LogP contribution < -0.4 is 14.8 Å². The summed E-state index contributed by atoms with van der Waals surface area (Å²) in [5.74, 6) is 0.307. The number of carbonyl (C=O) groups excluding carboxylic acids is 2. The minimum absolute atomic E-state index is 0.0262. The molecule has 0 aliphatic heterocycles. The Hall–Kier alpha value is -3.81. The van der Waals surface area contributed by atoms with Gasteiger partial charge in [-0.2, -0.15) is 5.10 Å². The molecule has 1 heterocycles. The summed E-state index contributed by atoms with van der Waals surface area (Å²) in [5.41, 5.74) is 3.95. The molecule has 8 heteroatoms. The first-order valence-electron chi connectivity index (χ1n) is 10.1. The van der Waals surface area contributed by atoms with Gasteiger partial charge in [-0.05, 0) is 61.9 Å². The maximum absolute atomic E-state index is 13.0. The molecule has 168 valence electrons. The molecule has 3 aromatic rings. The second-order valence-electron chi connectivity index (χ2n) is 7.31. The van der Waals surface area contributed by atoms with E-state index in [2.05, 4.69) is 10.4 Å². The Morgan fingerprint density at radius 1 is 0.969 bits per heavy atom. The number of methoxy groups -OCH3 is 3. The van der Waals surface area contributed by atoms with Gasteiger partial charge in [0.15, 0.2) is 11.5 Å². The van der Waals surface area contributed by atoms with Crippen molar-refractivity contribution in [2.45, 2.75) is 26.3 Å². The number of benzene rings is 2. The maximum Gasteiger partial charge on any atom is 0.307 e. The highest BCUT2D eigenvalue weighted by Gasteiger charge is 2.21. The molecule has 1 N–H and O–H groups in total. The van der Waals surface area contributed by atoms with Gasteiger partial charge in [0.2, 0.25) is 0 Å². The standard InChI is InChI=1S/C24H27N3O5/c1-15-12-16(2)27(26-15)19-9-6-17(7-10-19)24(29)25-20(14-23(28)32-5)18-8-11-21(30-3)22(13-18)31-4/h6-13,20H,14H2,1-5H3,(H,25,29). The summed E-state index contributed by atoms with van der Waals surface area (Å²) < 4.78 is 17.3. The number of nitrogens with zero attached hydrogens (tertiary/aromatic N) is 2. The molecule has 0 fully saturated rings. The van der Waals surface area contributed by atoms with Crippen molar-refractivity contribution >= 4 is 11.9 Å². The molecule has 8 nitrogen and oxygen atoms in total. The first kappa shape index (κ1) is 22.9. The lowest BCUT2D eigenvalue weighted by Crippen LogP contribution is -2.30. The predicted molar refractivity (Wildman–Crippen MR) is 119 cm³/mol. The van der Waals surface area contributed by atoms with E-state index in [9.17, 15) is 9.59 Å². The number of nitrogens with one attached hydrogen (secondary N) is 1. The van der Waals surface area contributed by atoms with Crippen LogP contribution in [0.2, 0.25) is 0 Å². The van der Waals surface area contributed by atoms with E-state index < -0.39 is 12.0 Å². The van der Waals surface area contributed by atoms with Gasteiger partial charge in [0.05, 0.1) is 45.2 Å². The number of carbonyl (C=O) groups is 2. The lowest BCUT2D eigenvalue weighted by molar-refractivity contribution is -0.141. The van der Waals surface area contributed by atoms with Crippen molar-refractivity contribution < 1.29 is 23.8 Å². The predicted octanol–water partition coefficient (Wildman–Crippen LogP) is 3.54. The molecular weight excluding hydrogens is 410 g/mol. The summed E-state index contributed by atoms with van der Waals surface area (Å²) in [6.45, 7) is 3.90. The zero-order chi connectivity index (χ0) is 23.3. The van der Waals surface area contributed by atoms with Crippen LogP contribution in [0, 0.1) is 13.8 Å². The van der Waals surface area contributed by atoms with Crippen molar-refractivity contribution in [1.29, 1.82) is 0 Å². The Bertz CT molecular complexity index is 1110. The molecular formula is C24H27N3O5. The Morgan fingerprint density at radius 2 is 1.66 bits per heavy atom. The van der Waals surface area contributed by atoms with Crippen molar-refractivity contribution in [2.75, 3.05) is 21.3 Å². The van der Waals surface area contributed by atoms with Gasteiger partial charge in [0.1, 0.15) is 0 Å². The summed E-state index contributed by atoms with van der Waals surface area (Å²) in [6.07, 6.45) is -0.0262. The van der Waals surface area contributed by atoms with Crippen molar-refractivity contribution in [3.63, 3.8) is 0 Å². The lowest BCUT2D eigenvalue weighted by Gasteiger charge is -2.20. The average molecular weight is 437 g/mol. The largest absolute Gasteiger partial charge is 0.493 e. The van der Waals surface area contributed by atoms with E-state index in [1.165, 1.54) is 14.2 Å². The van der Waals surface area contributed by atoms with Crippen molar-refractivity contribution in [1.82, 2.24) is 15.1 Å². The highest BCUT2D eigenvalue weighted by atomic mass is 16.5. The second kappa shape index (κ2) is 10.00. The Kier molecular flexibility index (Phi) is 7.14. The molecule has 32 heavy (non-hydrogen) atoms. The molecule has 0 radical (unpaired) electrons. The number of esters is 1. The third kappa shape index (κ3) is 5.08. The van der Waals surface area contributed by atoms with Gasteiger partial charge in [-0.1, -0.05) is 6.07 Å². The quantitative estimate of drug-likeness (QED) is 0.542. The number of amides is 1. The molecule has 0 aliphatic rings. The van der Waals surface area contributed by atoms with Gasteiger partial charge < -0.3 is 19.5 Å². The van der Waals surface area contributed by atoms with Gasteiger partial charge in [-0.15, -0.1) is 0 Å². The van der Waals surface area contributed by atoms with Crippen LogP contribution in [0.25, 0.3) is 5.69 Å². The molecule has 2 aromatic carbocycles. The zero-order valence-electron chi connectivity index (χ0n) is 18.8. The number of rotatable bonds is 8. The maximum atomic E-state index is 13.0. The third-order valence-corrected chi connectivity index (χ3v) is 5.10. The Labute approximate surface area is 187 Å². The van der Waals surface area contributed by atoms with E-state index in [1.54, 1.807) is 37.4 Å². The summed E-state index contributed by atoms with van der Waals surface area (Å²) in [6, 6.07) is 13.7. The van der Waals surface area contributed by atoms with E-state index in [1.807, 2.05) is 36.7 Å². The number of hydrogen-bond acceptors (Lipinski definition) is 6. The monoisotopic (exact) mass is 437 g/mol. The Morgan fingerprint density at radius 3 is 2.22 bits per heavy atom. The SMILES string of the molecule is COC(=O)CC(NC(=O)c1ccc(-n2nc(C)cc2C)cc1)c1ccc(OC)c(OC)c1. The summed E-state index contributed by atoms with van der Waals surface area (Å²) >= 11 is 0. The summed E-state index contributed by atoms with van der Waals surface area (Å²) in [5, 5.41) is 7.38. The topological polar surface area (TPSA) is 91.7 Å². The molecule has 0 saturated carbocycles. The van der Waals surface area contributed by atoms with E-state index in [4.69, 9.17) is 14.2 Å². The molecule has 0 spiro atoms. The fourth-order valence-electron chi connectivity index (χ4n) is 3.46. The van der Waals surface area contributed by atoms with Crippen molar-refractivity contribution in [3.8, 4) is 17.2 Å². The highest BCUT2D eigenvalue weighted by Crippen LogP contribution is 2.31. The highest BCUT2D eigenvalue weighted by molar-refractivity contribution is 5.95. The first-order valence-corrected chi connectivity index (χ1v) is 10.1. The van der Waals surface area contributed by atoms with E-state index in [-0.39, 0.29) is 12.3 Å². The zero-order valence-corrected chi connectivity index (χ0v) is 18.8. The van der Waals surface area contributed by atoms with Crippen LogP contribution in [0.5, 0.6) is 11.5 Å². The molecule has 0 saturated heterocycles. The van der Waals surface area contributed by atoms with E-state index >= 15 is 0 Å². The van der Waals surface area contributed by atoms with Crippen LogP contribution in [0.1, 0.15) is 39.8 Å². The van der Waals surface area contributed by atoms with Crippen molar-refractivity contribution in [2.24, 2.45) is 0 Å². The molecule has 1 unspecified atom stereocenters. The van der Waals surface area contributed by atoms with Crippen molar-refractivity contribution in [3.05, 3.63) is 71.0 Å². The normalized spacial score (nSPS) is 11.5. The minimum Gasteiger partial charge on any atom is -0.493 e. The number of aryl methyl sites for hydroxylation is 2. The van der Waals surface area contributed by atoms with Crippen LogP contribution in [0.3, 0.4) is 0 Å². The van der Waals surface area contributed by atoms with Crippen LogP contribution in [0.15, 0.2) is 48.5 Å². The fraction of sp³-hybridized carbons (Fsp3) is 0.292. The Balaban J connectivity index is 1.83. The average Bonchev–Trinajstić information content (AvgIpc) is 3.15. The van der Waals surface area contributed by atoms with Crippen LogP contribution in [-0.4, -0.2) is 43.0 Å². The molecule has 0 aliphatic carbocycles. The first-order chi connectivity index (χ1) is 15.4. The van der Waals surface area contributed by atoms with Gasteiger partial charge >= 0.3 is 5.97 Å².